The first kappa shape index (κ1) is 25.8. The number of carbonyl (C=O) groups is 1. The van der Waals surface area contributed by atoms with Crippen molar-refractivity contribution in [1.29, 1.82) is 0 Å². The summed E-state index contributed by atoms with van der Waals surface area (Å²) in [6.07, 6.45) is 1.69. The van der Waals surface area contributed by atoms with Crippen LogP contribution in [0.25, 0.3) is 0 Å². The number of unbranched alkanes of at least 4 members (excludes halogenated alkanes) is 1. The Labute approximate surface area is 208 Å². The summed E-state index contributed by atoms with van der Waals surface area (Å²) in [7, 11) is 1.61. The number of urea groups is 1. The van der Waals surface area contributed by atoms with Crippen molar-refractivity contribution in [3.63, 3.8) is 0 Å². The second kappa shape index (κ2) is 13.8. The molecule has 6 heteroatoms. The Bertz CT molecular complexity index is 1100. The molecule has 3 aromatic carbocycles. The van der Waals surface area contributed by atoms with Gasteiger partial charge in [-0.25, -0.2) is 4.79 Å². The molecule has 5 N–H and O–H groups in total. The van der Waals surface area contributed by atoms with Gasteiger partial charge in [0.2, 0.25) is 0 Å². The van der Waals surface area contributed by atoms with E-state index in [9.17, 15) is 4.79 Å². The Hall–Kier alpha value is -3.79. The van der Waals surface area contributed by atoms with Gasteiger partial charge in [-0.1, -0.05) is 42.2 Å². The molecule has 0 aliphatic carbocycles. The van der Waals surface area contributed by atoms with Gasteiger partial charge in [0.15, 0.2) is 0 Å². The molecule has 2 amide bonds. The normalized spacial score (nSPS) is 11.2. The van der Waals surface area contributed by atoms with E-state index < -0.39 is 0 Å². The van der Waals surface area contributed by atoms with Crippen molar-refractivity contribution in [2.24, 2.45) is 11.5 Å². The summed E-state index contributed by atoms with van der Waals surface area (Å²) in [6, 6.07) is 25.1. The summed E-state index contributed by atoms with van der Waals surface area (Å²) < 4.78 is 5.19. The van der Waals surface area contributed by atoms with Crippen molar-refractivity contribution in [1.82, 2.24) is 4.90 Å². The summed E-state index contributed by atoms with van der Waals surface area (Å²) in [5.41, 5.74) is 15.5. The number of nitrogens with one attached hydrogen (secondary N) is 1. The van der Waals surface area contributed by atoms with Gasteiger partial charge in [-0.05, 0) is 73.5 Å². The van der Waals surface area contributed by atoms with Crippen LogP contribution >= 0.6 is 0 Å². The van der Waals surface area contributed by atoms with E-state index in [4.69, 9.17) is 16.2 Å². The maximum absolute atomic E-state index is 13.1. The molecule has 0 bridgehead atoms. The molecule has 6 nitrogen and oxygen atoms in total. The monoisotopic (exact) mass is 470 g/mol. The Morgan fingerprint density at radius 2 is 1.57 bits per heavy atom. The molecule has 0 saturated heterocycles. The molecule has 182 valence electrons. The van der Waals surface area contributed by atoms with Gasteiger partial charge >= 0.3 is 6.03 Å². The van der Waals surface area contributed by atoms with Gasteiger partial charge in [0.1, 0.15) is 5.75 Å². The van der Waals surface area contributed by atoms with Gasteiger partial charge in [0.25, 0.3) is 0 Å². The number of hydrogen-bond donors (Lipinski definition) is 3. The standard InChI is InChI=1S/C29H34N4O2/c1-35-28-17-15-27(16-18-28)32-29(34)33(20-6-5-19-30)22-26(21-31)25-13-11-24(12-14-25)10-9-23-7-3-2-4-8-23/h2-4,7-8,11-18,26H,5-6,19-22,30-31H2,1H3,(H,32,34). The minimum atomic E-state index is -0.156. The molecule has 0 heterocycles. The fourth-order valence-electron chi connectivity index (χ4n) is 3.69. The maximum atomic E-state index is 13.1. The fraction of sp³-hybridized carbons (Fsp3) is 0.276. The van der Waals surface area contributed by atoms with Crippen LogP contribution in [0.2, 0.25) is 0 Å². The van der Waals surface area contributed by atoms with E-state index in [1.54, 1.807) is 7.11 Å². The minimum Gasteiger partial charge on any atom is -0.497 e. The van der Waals surface area contributed by atoms with Crippen molar-refractivity contribution in [2.75, 3.05) is 38.6 Å². The fourth-order valence-corrected chi connectivity index (χ4v) is 3.69. The lowest BCUT2D eigenvalue weighted by Crippen LogP contribution is -2.40. The van der Waals surface area contributed by atoms with E-state index >= 15 is 0 Å². The van der Waals surface area contributed by atoms with Gasteiger partial charge < -0.3 is 26.4 Å². The summed E-state index contributed by atoms with van der Waals surface area (Å²) >= 11 is 0. The molecule has 1 atom stereocenters. The SMILES string of the molecule is COc1ccc(NC(=O)N(CCCCN)CC(CN)c2ccc(C#Cc3ccccc3)cc2)cc1. The van der Waals surface area contributed by atoms with Crippen LogP contribution in [0.15, 0.2) is 78.9 Å². The second-order valence-electron chi connectivity index (χ2n) is 8.27. The van der Waals surface area contributed by atoms with Crippen LogP contribution in [0.3, 0.4) is 0 Å². The third-order valence-corrected chi connectivity index (χ3v) is 5.74. The van der Waals surface area contributed by atoms with E-state index in [0.29, 0.717) is 31.9 Å². The Morgan fingerprint density at radius 1 is 0.914 bits per heavy atom. The molecule has 0 fully saturated rings. The molecule has 3 rings (SSSR count). The Morgan fingerprint density at radius 3 is 2.17 bits per heavy atom. The number of anilines is 1. The average molecular weight is 471 g/mol. The zero-order valence-electron chi connectivity index (χ0n) is 20.2. The van der Waals surface area contributed by atoms with Crippen molar-refractivity contribution < 1.29 is 9.53 Å². The maximum Gasteiger partial charge on any atom is 0.321 e. The predicted molar refractivity (Wildman–Crippen MR) is 143 cm³/mol. The molecule has 0 saturated carbocycles. The van der Waals surface area contributed by atoms with Gasteiger partial charge in [-0.3, -0.25) is 0 Å². The van der Waals surface area contributed by atoms with Crippen LogP contribution in [0.5, 0.6) is 5.75 Å². The predicted octanol–water partition coefficient (Wildman–Crippen LogP) is 4.41. The lowest BCUT2D eigenvalue weighted by molar-refractivity contribution is 0.207. The third-order valence-electron chi connectivity index (χ3n) is 5.74. The van der Waals surface area contributed by atoms with Gasteiger partial charge in [-0.15, -0.1) is 0 Å². The van der Waals surface area contributed by atoms with Crippen molar-refractivity contribution in [3.05, 3.63) is 95.6 Å². The average Bonchev–Trinajstić information content (AvgIpc) is 2.91. The lowest BCUT2D eigenvalue weighted by atomic mass is 9.97. The highest BCUT2D eigenvalue weighted by atomic mass is 16.5. The van der Waals surface area contributed by atoms with E-state index in [1.165, 1.54) is 0 Å². The van der Waals surface area contributed by atoms with Crippen LogP contribution < -0.4 is 21.5 Å². The van der Waals surface area contributed by atoms with Crippen molar-refractivity contribution >= 4 is 11.7 Å². The largest absolute Gasteiger partial charge is 0.497 e. The number of carbonyl (C=O) groups excluding carboxylic acids is 1. The summed E-state index contributed by atoms with van der Waals surface area (Å²) in [4.78, 5) is 14.9. The first-order chi connectivity index (χ1) is 17.1. The molecule has 35 heavy (non-hydrogen) atoms. The number of ether oxygens (including phenoxy) is 1. The molecule has 0 aromatic heterocycles. The minimum absolute atomic E-state index is 0.00521. The van der Waals surface area contributed by atoms with Crippen LogP contribution in [0, 0.1) is 11.8 Å². The molecular weight excluding hydrogens is 436 g/mol. The van der Waals surface area contributed by atoms with Crippen LogP contribution in [-0.4, -0.2) is 44.2 Å². The van der Waals surface area contributed by atoms with E-state index in [2.05, 4.69) is 17.2 Å². The summed E-state index contributed by atoms with van der Waals surface area (Å²) in [5, 5.41) is 2.98. The molecule has 0 aliphatic heterocycles. The van der Waals surface area contributed by atoms with Crippen LogP contribution in [0.1, 0.15) is 35.4 Å². The summed E-state index contributed by atoms with van der Waals surface area (Å²) in [6.45, 7) is 2.15. The number of nitrogens with two attached hydrogens (primary N) is 2. The Balaban J connectivity index is 1.69. The number of nitrogens with zero attached hydrogens (tertiary/aromatic N) is 1. The molecule has 0 radical (unpaired) electrons. The first-order valence-electron chi connectivity index (χ1n) is 11.9. The van der Waals surface area contributed by atoms with Crippen molar-refractivity contribution in [2.45, 2.75) is 18.8 Å². The van der Waals surface area contributed by atoms with Crippen LogP contribution in [0.4, 0.5) is 10.5 Å². The van der Waals surface area contributed by atoms with E-state index in [0.717, 1.165) is 35.3 Å². The van der Waals surface area contributed by atoms with Gasteiger partial charge in [0, 0.05) is 42.4 Å². The molecule has 1 unspecified atom stereocenters. The van der Waals surface area contributed by atoms with Gasteiger partial charge in [0.05, 0.1) is 7.11 Å². The zero-order valence-corrected chi connectivity index (χ0v) is 20.2. The first-order valence-corrected chi connectivity index (χ1v) is 11.9. The second-order valence-corrected chi connectivity index (χ2v) is 8.27. The van der Waals surface area contributed by atoms with E-state index in [1.807, 2.05) is 83.8 Å². The zero-order chi connectivity index (χ0) is 24.9. The topological polar surface area (TPSA) is 93.6 Å². The molecule has 3 aromatic rings. The molecule has 0 spiro atoms. The quantitative estimate of drug-likeness (QED) is 0.302. The number of rotatable bonds is 10. The number of hydrogen-bond acceptors (Lipinski definition) is 4. The molecule has 0 aliphatic rings. The Kier molecular flexibility index (Phi) is 10.2. The summed E-state index contributed by atoms with van der Waals surface area (Å²) in [5.74, 6) is 7.12. The molecular formula is C29H34N4O2. The number of methoxy groups -OCH3 is 1. The highest BCUT2D eigenvalue weighted by Gasteiger charge is 2.20. The van der Waals surface area contributed by atoms with Gasteiger partial charge in [-0.2, -0.15) is 0 Å². The van der Waals surface area contributed by atoms with Crippen molar-refractivity contribution in [3.8, 4) is 17.6 Å². The van der Waals surface area contributed by atoms with Crippen LogP contribution in [-0.2, 0) is 0 Å². The highest BCUT2D eigenvalue weighted by molar-refractivity contribution is 5.89. The number of benzene rings is 3. The highest BCUT2D eigenvalue weighted by Crippen LogP contribution is 2.20. The number of amides is 2. The third kappa shape index (κ3) is 8.18. The lowest BCUT2D eigenvalue weighted by Gasteiger charge is -2.28. The van der Waals surface area contributed by atoms with E-state index in [-0.39, 0.29) is 11.9 Å². The smallest absolute Gasteiger partial charge is 0.321 e.